The fourth-order valence-corrected chi connectivity index (χ4v) is 9.48. The van der Waals surface area contributed by atoms with Gasteiger partial charge < -0.3 is 15.6 Å². The molecule has 2 bridgehead atoms. The zero-order chi connectivity index (χ0) is 29.9. The molecule has 6 nitrogen and oxygen atoms in total. The number of ketones is 1. The van der Waals surface area contributed by atoms with Gasteiger partial charge in [-0.1, -0.05) is 23.6 Å². The Kier molecular flexibility index (Phi) is 7.80. The van der Waals surface area contributed by atoms with Crippen molar-refractivity contribution in [3.05, 3.63) is 45.8 Å². The van der Waals surface area contributed by atoms with Gasteiger partial charge in [-0.05, 0) is 121 Å². The van der Waals surface area contributed by atoms with Crippen molar-refractivity contribution >= 4 is 33.2 Å². The number of piperidine rings is 2. The lowest BCUT2D eigenvalue weighted by atomic mass is 9.76. The topological polar surface area (TPSA) is 77.2 Å². The van der Waals surface area contributed by atoms with Gasteiger partial charge >= 0.3 is 0 Å². The van der Waals surface area contributed by atoms with E-state index in [1.807, 2.05) is 0 Å². The molecule has 1 aromatic carbocycles. The minimum Gasteiger partial charge on any atom is -0.356 e. The average molecular weight is 601 g/mol. The van der Waals surface area contributed by atoms with Gasteiger partial charge in [-0.25, -0.2) is 0 Å². The molecule has 43 heavy (non-hydrogen) atoms. The summed E-state index contributed by atoms with van der Waals surface area (Å²) >= 11 is 1.78. The number of aromatic amines is 1. The van der Waals surface area contributed by atoms with E-state index in [0.29, 0.717) is 23.7 Å². The quantitative estimate of drug-likeness (QED) is 0.263. The van der Waals surface area contributed by atoms with Crippen molar-refractivity contribution in [2.24, 2.45) is 23.7 Å². The molecule has 3 atom stereocenters. The van der Waals surface area contributed by atoms with Crippen LogP contribution in [0.4, 0.5) is 0 Å². The first-order valence-electron chi connectivity index (χ1n) is 16.7. The molecule has 2 saturated heterocycles. The molecule has 2 aliphatic carbocycles. The lowest BCUT2D eigenvalue weighted by Gasteiger charge is -2.33. The molecule has 3 aromatic rings. The van der Waals surface area contributed by atoms with E-state index in [4.69, 9.17) is 0 Å². The van der Waals surface area contributed by atoms with E-state index >= 15 is 0 Å². The summed E-state index contributed by atoms with van der Waals surface area (Å²) in [6, 6.07) is 9.52. The summed E-state index contributed by atoms with van der Waals surface area (Å²) in [6.45, 7) is 13.4. The van der Waals surface area contributed by atoms with Crippen molar-refractivity contribution in [3.63, 3.8) is 0 Å². The summed E-state index contributed by atoms with van der Waals surface area (Å²) in [5.41, 5.74) is 5.87. The minimum atomic E-state index is -0.498. The number of hydrogen-bond donors (Lipinski definition) is 3. The number of fused-ring (bicyclic) bond motifs is 3. The van der Waals surface area contributed by atoms with Gasteiger partial charge in [0.15, 0.2) is 0 Å². The third-order valence-corrected chi connectivity index (χ3v) is 12.6. The number of amides is 1. The zero-order valence-electron chi connectivity index (χ0n) is 26.4. The van der Waals surface area contributed by atoms with Crippen LogP contribution in [-0.4, -0.2) is 53.8 Å². The number of H-pyrrole nitrogens is 1. The first-order valence-corrected chi connectivity index (χ1v) is 17.5. The van der Waals surface area contributed by atoms with Crippen molar-refractivity contribution in [2.45, 2.75) is 90.6 Å². The van der Waals surface area contributed by atoms with Crippen LogP contribution in [0, 0.1) is 37.5 Å². The monoisotopic (exact) mass is 600 g/mol. The van der Waals surface area contributed by atoms with Crippen molar-refractivity contribution in [3.8, 4) is 11.3 Å². The number of rotatable bonds is 9. The lowest BCUT2D eigenvalue weighted by molar-refractivity contribution is -0.128. The van der Waals surface area contributed by atoms with Crippen LogP contribution in [0.25, 0.3) is 21.5 Å². The number of aromatic nitrogens is 1. The van der Waals surface area contributed by atoms with Crippen molar-refractivity contribution in [2.75, 3.05) is 26.2 Å². The van der Waals surface area contributed by atoms with Gasteiger partial charge in [-0.2, -0.15) is 0 Å². The third-order valence-electron chi connectivity index (χ3n) is 11.2. The molecule has 2 saturated carbocycles. The van der Waals surface area contributed by atoms with Crippen LogP contribution >= 0.6 is 11.3 Å². The standard InChI is InChI=1S/C36H48N4O2S/c1-21-14-22(2)16-26(15-21)32-28(20-40-12-10-23(11-13-40)18-38-34(42)24-6-5-7-24)27-17-30(43-35(27)39-32)36(3,4)33(41)31-25-8-9-29(31)37-19-25/h14-17,23-25,29,31,37,39H,5-13,18-20H2,1-4H3,(H,38,42). The molecule has 3 unspecified atom stereocenters. The molecule has 4 fully saturated rings. The summed E-state index contributed by atoms with van der Waals surface area (Å²) < 4.78 is 0. The van der Waals surface area contributed by atoms with E-state index in [9.17, 15) is 9.59 Å². The summed E-state index contributed by atoms with van der Waals surface area (Å²) in [4.78, 5) is 35.2. The molecule has 4 heterocycles. The van der Waals surface area contributed by atoms with Gasteiger partial charge in [0.05, 0.1) is 11.1 Å². The summed E-state index contributed by atoms with van der Waals surface area (Å²) in [7, 11) is 0. The molecule has 4 aliphatic rings. The number of thiophene rings is 1. The number of likely N-dealkylation sites (tertiary alicyclic amines) is 1. The molecule has 0 radical (unpaired) electrons. The molecule has 2 aliphatic heterocycles. The number of hydrogen-bond acceptors (Lipinski definition) is 5. The minimum absolute atomic E-state index is 0.153. The number of carbonyl (C=O) groups excluding carboxylic acids is 2. The normalized spacial score (nSPS) is 25.0. The smallest absolute Gasteiger partial charge is 0.223 e. The fraction of sp³-hybridized carbons (Fsp3) is 0.611. The first-order chi connectivity index (χ1) is 20.7. The number of nitrogens with one attached hydrogen (secondary N) is 3. The van der Waals surface area contributed by atoms with Crippen molar-refractivity contribution in [1.29, 1.82) is 0 Å². The van der Waals surface area contributed by atoms with Gasteiger partial charge in [0, 0.05) is 46.8 Å². The molecule has 7 heteroatoms. The second-order valence-corrected chi connectivity index (χ2v) is 15.7. The Hall–Kier alpha value is -2.48. The molecule has 7 rings (SSSR count). The number of nitrogens with zero attached hydrogens (tertiary/aromatic N) is 1. The number of carbonyl (C=O) groups is 2. The van der Waals surface area contributed by atoms with Gasteiger partial charge in [0.2, 0.25) is 5.91 Å². The fourth-order valence-electron chi connectivity index (χ4n) is 8.28. The summed E-state index contributed by atoms with van der Waals surface area (Å²) in [5.74, 6) is 2.17. The molecular weight excluding hydrogens is 552 g/mol. The maximum absolute atomic E-state index is 14.0. The Balaban J connectivity index is 1.13. The highest BCUT2D eigenvalue weighted by atomic mass is 32.1. The van der Waals surface area contributed by atoms with E-state index in [2.05, 4.69) is 72.5 Å². The van der Waals surface area contributed by atoms with E-state index in [0.717, 1.165) is 64.8 Å². The highest BCUT2D eigenvalue weighted by Gasteiger charge is 2.50. The Morgan fingerprint density at radius 1 is 1.00 bits per heavy atom. The van der Waals surface area contributed by atoms with E-state index < -0.39 is 5.41 Å². The summed E-state index contributed by atoms with van der Waals surface area (Å²) in [6.07, 6.45) is 7.87. The van der Waals surface area contributed by atoms with Crippen molar-refractivity contribution in [1.82, 2.24) is 20.5 Å². The highest BCUT2D eigenvalue weighted by molar-refractivity contribution is 7.19. The maximum atomic E-state index is 14.0. The summed E-state index contributed by atoms with van der Waals surface area (Å²) in [5, 5.41) is 8.12. The van der Waals surface area contributed by atoms with E-state index in [1.165, 1.54) is 55.9 Å². The molecule has 1 amide bonds. The molecular formula is C36H48N4O2S. The number of benzene rings is 1. The largest absolute Gasteiger partial charge is 0.356 e. The van der Waals surface area contributed by atoms with Crippen LogP contribution in [0.3, 0.4) is 0 Å². The van der Waals surface area contributed by atoms with Crippen LogP contribution in [0.1, 0.15) is 80.4 Å². The second-order valence-electron chi connectivity index (χ2n) is 14.7. The molecule has 0 spiro atoms. The van der Waals surface area contributed by atoms with E-state index in [-0.39, 0.29) is 17.7 Å². The van der Waals surface area contributed by atoms with E-state index in [1.54, 1.807) is 11.3 Å². The molecule has 2 aromatic heterocycles. The Labute approximate surface area is 260 Å². The van der Waals surface area contributed by atoms with Gasteiger partial charge in [-0.3, -0.25) is 14.5 Å². The lowest BCUT2D eigenvalue weighted by Crippen LogP contribution is -2.41. The Morgan fingerprint density at radius 2 is 1.74 bits per heavy atom. The van der Waals surface area contributed by atoms with Crippen LogP contribution in [0.5, 0.6) is 0 Å². The average Bonchev–Trinajstić information content (AvgIpc) is 3.72. The predicted octanol–water partition coefficient (Wildman–Crippen LogP) is 6.49. The maximum Gasteiger partial charge on any atom is 0.223 e. The highest BCUT2D eigenvalue weighted by Crippen LogP contribution is 2.46. The Morgan fingerprint density at radius 3 is 2.35 bits per heavy atom. The third kappa shape index (κ3) is 5.51. The van der Waals surface area contributed by atoms with Gasteiger partial charge in [0.1, 0.15) is 10.6 Å². The number of aryl methyl sites for hydroxylation is 2. The SMILES string of the molecule is Cc1cc(C)cc(-c2[nH]c3sc(C(C)(C)C(=O)C4C5CCC4NC5)cc3c2CN2CCC(CNC(=O)C3CCC3)CC2)c1. The zero-order valence-corrected chi connectivity index (χ0v) is 27.2. The molecule has 230 valence electrons. The van der Waals surface area contributed by atoms with Gasteiger partial charge in [0.25, 0.3) is 0 Å². The van der Waals surface area contributed by atoms with Crippen molar-refractivity contribution < 1.29 is 9.59 Å². The second kappa shape index (κ2) is 11.5. The van der Waals surface area contributed by atoms with Crippen LogP contribution in [0.2, 0.25) is 0 Å². The first kappa shape index (κ1) is 29.2. The van der Waals surface area contributed by atoms with Crippen LogP contribution in [-0.2, 0) is 21.5 Å². The van der Waals surface area contributed by atoms with Crippen LogP contribution < -0.4 is 10.6 Å². The Bertz CT molecular complexity index is 1480. The van der Waals surface area contributed by atoms with Crippen LogP contribution in [0.15, 0.2) is 24.3 Å². The predicted molar refractivity (Wildman–Crippen MR) is 175 cm³/mol. The van der Waals surface area contributed by atoms with Gasteiger partial charge in [-0.15, -0.1) is 11.3 Å². The number of Topliss-reactive ketones (excluding diaryl/α,β-unsaturated/α-hetero) is 1. The molecule has 3 N–H and O–H groups in total.